The van der Waals surface area contributed by atoms with Crippen molar-refractivity contribution in [2.75, 3.05) is 18.4 Å². The van der Waals surface area contributed by atoms with E-state index in [0.29, 0.717) is 18.2 Å². The van der Waals surface area contributed by atoms with Crippen LogP contribution >= 0.6 is 0 Å². The molecule has 196 valence electrons. The predicted molar refractivity (Wildman–Crippen MR) is 145 cm³/mol. The summed E-state index contributed by atoms with van der Waals surface area (Å²) in [5.41, 5.74) is 6.89. The Morgan fingerprint density at radius 1 is 1.03 bits per heavy atom. The van der Waals surface area contributed by atoms with Crippen molar-refractivity contribution >= 4 is 23.3 Å². The predicted octanol–water partition coefficient (Wildman–Crippen LogP) is 4.29. The van der Waals surface area contributed by atoms with E-state index in [1.165, 1.54) is 17.7 Å². The van der Waals surface area contributed by atoms with Gasteiger partial charge in [0.1, 0.15) is 5.65 Å². The van der Waals surface area contributed by atoms with Gasteiger partial charge >= 0.3 is 6.03 Å². The maximum absolute atomic E-state index is 13.3. The van der Waals surface area contributed by atoms with E-state index in [4.69, 9.17) is 0 Å². The molecule has 2 N–H and O–H groups in total. The van der Waals surface area contributed by atoms with Gasteiger partial charge in [-0.15, -0.1) is 0 Å². The number of hydrogen-bond acceptors (Lipinski definition) is 4. The number of anilines is 1. The molecule has 3 amide bonds. The lowest BCUT2D eigenvalue weighted by Gasteiger charge is -2.32. The van der Waals surface area contributed by atoms with Crippen molar-refractivity contribution in [2.45, 2.75) is 51.0 Å². The molecule has 1 aromatic carbocycles. The van der Waals surface area contributed by atoms with Crippen LogP contribution in [0.2, 0.25) is 0 Å². The number of piperidine rings is 1. The lowest BCUT2D eigenvalue weighted by molar-refractivity contribution is 0.0705. The summed E-state index contributed by atoms with van der Waals surface area (Å²) in [6.45, 7) is 1.90. The quantitative estimate of drug-likeness (QED) is 0.418. The second-order valence-corrected chi connectivity index (χ2v) is 10.3. The summed E-state index contributed by atoms with van der Waals surface area (Å²) in [6, 6.07) is 11.7. The smallest absolute Gasteiger partial charge is 0.319 e. The molecule has 38 heavy (non-hydrogen) atoms. The van der Waals surface area contributed by atoms with Gasteiger partial charge in [-0.1, -0.05) is 12.1 Å². The van der Waals surface area contributed by atoms with Crippen LogP contribution in [0.25, 0.3) is 5.65 Å². The highest BCUT2D eigenvalue weighted by Crippen LogP contribution is 2.31. The first-order valence-corrected chi connectivity index (χ1v) is 13.5. The number of carbonyl (C=O) groups excluding carboxylic acids is 2. The van der Waals surface area contributed by atoms with Crippen molar-refractivity contribution in [3.05, 3.63) is 83.1 Å². The summed E-state index contributed by atoms with van der Waals surface area (Å²) in [7, 11) is 1.96. The third-order valence-corrected chi connectivity index (χ3v) is 7.91. The number of rotatable bonds is 5. The lowest BCUT2D eigenvalue weighted by atomic mass is 9.89. The van der Waals surface area contributed by atoms with Crippen LogP contribution in [0.3, 0.4) is 0 Å². The molecule has 1 saturated heterocycles. The summed E-state index contributed by atoms with van der Waals surface area (Å²) in [5.74, 6) is 0.481. The van der Waals surface area contributed by atoms with Gasteiger partial charge in [0, 0.05) is 62.2 Å². The average Bonchev–Trinajstić information content (AvgIpc) is 3.56. The highest BCUT2D eigenvalue weighted by molar-refractivity contribution is 5.94. The highest BCUT2D eigenvalue weighted by Gasteiger charge is 2.30. The molecule has 4 aromatic rings. The Kier molecular flexibility index (Phi) is 6.57. The third kappa shape index (κ3) is 4.88. The third-order valence-electron chi connectivity index (χ3n) is 7.91. The molecule has 1 fully saturated rings. The number of hydrogen-bond donors (Lipinski definition) is 2. The van der Waals surface area contributed by atoms with Gasteiger partial charge in [-0.05, 0) is 79.8 Å². The largest absolute Gasteiger partial charge is 0.337 e. The molecule has 0 unspecified atom stereocenters. The average molecular weight is 512 g/mol. The van der Waals surface area contributed by atoms with Crippen molar-refractivity contribution < 1.29 is 9.59 Å². The molecule has 0 saturated carbocycles. The Labute approximate surface area is 221 Å². The standard InChI is InChI=1S/C29H33N7O2/c1-34-25-5-3-2-4-24(25)27(33-34)28(37)36-15-11-22(12-16-36)21-6-8-23(9-7-21)32-29(38)31-19-20-10-14-35-17-13-30-26(35)18-20/h6-10,13-14,17-18,22H,2-5,11-12,15-16,19H2,1H3,(H2,31,32,38). The van der Waals surface area contributed by atoms with Crippen LogP contribution in [0, 0.1) is 0 Å². The SMILES string of the molecule is Cn1nc(C(=O)N2CCC(c3ccc(NC(=O)NCc4ccn5ccnc5c4)cc3)CC2)c2c1CCCC2. The molecular formula is C29H33N7O2. The molecule has 0 atom stereocenters. The Morgan fingerprint density at radius 3 is 2.63 bits per heavy atom. The number of aryl methyl sites for hydroxylation is 1. The van der Waals surface area contributed by atoms with Gasteiger partial charge in [0.25, 0.3) is 5.91 Å². The van der Waals surface area contributed by atoms with E-state index in [2.05, 4.69) is 32.8 Å². The maximum Gasteiger partial charge on any atom is 0.319 e. The first-order valence-electron chi connectivity index (χ1n) is 13.5. The van der Waals surface area contributed by atoms with Gasteiger partial charge < -0.3 is 19.9 Å². The number of pyridine rings is 1. The number of carbonyl (C=O) groups is 2. The van der Waals surface area contributed by atoms with Gasteiger partial charge in [0.15, 0.2) is 5.69 Å². The zero-order chi connectivity index (χ0) is 26.1. The molecule has 0 radical (unpaired) electrons. The van der Waals surface area contributed by atoms with Crippen LogP contribution in [-0.4, -0.2) is 49.1 Å². The number of benzene rings is 1. The Balaban J connectivity index is 1.00. The van der Waals surface area contributed by atoms with Crippen LogP contribution in [-0.2, 0) is 26.4 Å². The zero-order valence-corrected chi connectivity index (χ0v) is 21.7. The van der Waals surface area contributed by atoms with Crippen molar-refractivity contribution in [3.8, 4) is 0 Å². The highest BCUT2D eigenvalue weighted by atomic mass is 16.2. The van der Waals surface area contributed by atoms with E-state index in [0.717, 1.165) is 67.7 Å². The molecule has 1 aliphatic carbocycles. The van der Waals surface area contributed by atoms with E-state index in [9.17, 15) is 9.59 Å². The molecule has 2 aliphatic rings. The maximum atomic E-state index is 13.3. The molecule has 3 aromatic heterocycles. The first-order chi connectivity index (χ1) is 18.5. The molecule has 6 rings (SSSR count). The van der Waals surface area contributed by atoms with Crippen LogP contribution < -0.4 is 10.6 Å². The van der Waals surface area contributed by atoms with E-state index >= 15 is 0 Å². The number of urea groups is 1. The number of amides is 3. The Morgan fingerprint density at radius 2 is 1.82 bits per heavy atom. The van der Waals surface area contributed by atoms with Gasteiger partial charge in [-0.25, -0.2) is 9.78 Å². The molecule has 1 aliphatic heterocycles. The summed E-state index contributed by atoms with van der Waals surface area (Å²) in [4.78, 5) is 31.9. The lowest BCUT2D eigenvalue weighted by Crippen LogP contribution is -2.38. The molecular weight excluding hydrogens is 478 g/mol. The molecule has 9 heteroatoms. The van der Waals surface area contributed by atoms with Gasteiger partial charge in [-0.2, -0.15) is 5.10 Å². The van der Waals surface area contributed by atoms with Crippen molar-refractivity contribution in [1.82, 2.24) is 29.4 Å². The Hall–Kier alpha value is -4.14. The minimum absolute atomic E-state index is 0.0810. The fraction of sp³-hybridized carbons (Fsp3) is 0.379. The van der Waals surface area contributed by atoms with E-state index < -0.39 is 0 Å². The fourth-order valence-electron chi connectivity index (χ4n) is 5.77. The second kappa shape index (κ2) is 10.3. The molecule has 0 bridgehead atoms. The summed E-state index contributed by atoms with van der Waals surface area (Å²) >= 11 is 0. The number of aromatic nitrogens is 4. The van der Waals surface area contributed by atoms with Gasteiger partial charge in [-0.3, -0.25) is 9.48 Å². The number of likely N-dealkylation sites (tertiary alicyclic amines) is 1. The summed E-state index contributed by atoms with van der Waals surface area (Å²) < 4.78 is 3.84. The minimum atomic E-state index is -0.246. The summed E-state index contributed by atoms with van der Waals surface area (Å²) in [5, 5.41) is 10.4. The van der Waals surface area contributed by atoms with E-state index in [-0.39, 0.29) is 11.9 Å². The minimum Gasteiger partial charge on any atom is -0.337 e. The zero-order valence-electron chi connectivity index (χ0n) is 21.7. The van der Waals surface area contributed by atoms with Crippen LogP contribution in [0.15, 0.2) is 55.0 Å². The molecule has 4 heterocycles. The number of nitrogens with one attached hydrogen (secondary N) is 2. The topological polar surface area (TPSA) is 96.6 Å². The van der Waals surface area contributed by atoms with E-state index in [1.54, 1.807) is 6.20 Å². The van der Waals surface area contributed by atoms with Crippen LogP contribution in [0.5, 0.6) is 0 Å². The van der Waals surface area contributed by atoms with Crippen LogP contribution in [0.4, 0.5) is 10.5 Å². The van der Waals surface area contributed by atoms with Crippen molar-refractivity contribution in [2.24, 2.45) is 7.05 Å². The van der Waals surface area contributed by atoms with Gasteiger partial charge in [0.2, 0.25) is 0 Å². The first kappa shape index (κ1) is 24.2. The number of imidazole rings is 1. The van der Waals surface area contributed by atoms with Crippen molar-refractivity contribution in [3.63, 3.8) is 0 Å². The monoisotopic (exact) mass is 511 g/mol. The Bertz CT molecular complexity index is 1460. The van der Waals surface area contributed by atoms with Gasteiger partial charge in [0.05, 0.1) is 0 Å². The van der Waals surface area contributed by atoms with E-state index in [1.807, 2.05) is 57.7 Å². The summed E-state index contributed by atoms with van der Waals surface area (Å²) in [6.07, 6.45) is 11.7. The van der Waals surface area contributed by atoms with Crippen LogP contribution in [0.1, 0.15) is 64.5 Å². The second-order valence-electron chi connectivity index (χ2n) is 10.3. The number of fused-ring (bicyclic) bond motifs is 2. The number of nitrogens with zero attached hydrogens (tertiary/aromatic N) is 5. The molecule has 0 spiro atoms. The fourth-order valence-corrected chi connectivity index (χ4v) is 5.77. The van der Waals surface area contributed by atoms with Crippen molar-refractivity contribution in [1.29, 1.82) is 0 Å². The normalized spacial score (nSPS) is 15.9. The molecule has 9 nitrogen and oxygen atoms in total.